The van der Waals surface area contributed by atoms with Gasteiger partial charge in [0.15, 0.2) is 0 Å². The van der Waals surface area contributed by atoms with Crippen LogP contribution in [0.5, 0.6) is 11.5 Å². The van der Waals surface area contributed by atoms with E-state index < -0.39 is 18.2 Å². The Morgan fingerprint density at radius 3 is 2.32 bits per heavy atom. The highest BCUT2D eigenvalue weighted by Crippen LogP contribution is 2.39. The fraction of sp³-hybridized carbons (Fsp3) is 0.214. The molecule has 0 bridgehead atoms. The second kappa shape index (κ2) is 11.1. The van der Waals surface area contributed by atoms with Gasteiger partial charge in [-0.15, -0.1) is 13.2 Å². The van der Waals surface area contributed by atoms with Crippen LogP contribution in [0.1, 0.15) is 25.0 Å². The molecule has 0 saturated heterocycles. The van der Waals surface area contributed by atoms with Gasteiger partial charge in [0, 0.05) is 42.3 Å². The van der Waals surface area contributed by atoms with E-state index in [1.165, 1.54) is 18.2 Å². The summed E-state index contributed by atoms with van der Waals surface area (Å²) in [5, 5.41) is 9.84. The van der Waals surface area contributed by atoms with Crippen molar-refractivity contribution >= 4 is 28.6 Å². The van der Waals surface area contributed by atoms with E-state index in [4.69, 9.17) is 16.3 Å². The van der Waals surface area contributed by atoms with Gasteiger partial charge in [0.1, 0.15) is 11.5 Å². The highest BCUT2D eigenvalue weighted by atomic mass is 35.5. The summed E-state index contributed by atoms with van der Waals surface area (Å²) < 4.78 is 49.4. The van der Waals surface area contributed by atoms with Gasteiger partial charge < -0.3 is 18.9 Å². The third kappa shape index (κ3) is 5.87. The zero-order chi connectivity index (χ0) is 27.4. The Balaban J connectivity index is 1.74. The van der Waals surface area contributed by atoms with Crippen molar-refractivity contribution in [1.29, 1.82) is 5.26 Å². The summed E-state index contributed by atoms with van der Waals surface area (Å²) >= 11 is 6.03. The number of fused-ring (bicyclic) bond motifs is 1. The maximum absolute atomic E-state index is 12.7. The molecule has 38 heavy (non-hydrogen) atoms. The smallest absolute Gasteiger partial charge is 0.410 e. The largest absolute Gasteiger partial charge is 0.573 e. The fourth-order valence-corrected chi connectivity index (χ4v) is 4.41. The van der Waals surface area contributed by atoms with E-state index >= 15 is 0 Å². The number of ether oxygens (including phenoxy) is 2. The molecule has 6 nitrogen and oxygen atoms in total. The molecule has 0 N–H and O–H groups in total. The van der Waals surface area contributed by atoms with Gasteiger partial charge in [0.25, 0.3) is 0 Å². The molecule has 3 aromatic carbocycles. The Kier molecular flexibility index (Phi) is 7.83. The molecule has 1 aromatic heterocycles. The van der Waals surface area contributed by atoms with Crippen LogP contribution in [0.3, 0.4) is 0 Å². The molecule has 4 aromatic rings. The summed E-state index contributed by atoms with van der Waals surface area (Å²) in [6, 6.07) is 18.6. The lowest BCUT2D eigenvalue weighted by molar-refractivity contribution is -0.274. The lowest BCUT2D eigenvalue weighted by atomic mass is 9.99. The van der Waals surface area contributed by atoms with Crippen LogP contribution in [0.4, 0.5) is 18.0 Å². The molecular weight excluding hydrogens is 519 g/mol. The van der Waals surface area contributed by atoms with Crippen LogP contribution in [0.2, 0.25) is 5.02 Å². The van der Waals surface area contributed by atoms with Crippen LogP contribution < -0.4 is 9.47 Å². The highest BCUT2D eigenvalue weighted by molar-refractivity contribution is 6.32. The molecular formula is C28H23ClF3N3O3. The van der Waals surface area contributed by atoms with E-state index in [0.29, 0.717) is 42.1 Å². The van der Waals surface area contributed by atoms with Crippen LogP contribution in [-0.2, 0) is 6.54 Å². The predicted octanol–water partition coefficient (Wildman–Crippen LogP) is 7.62. The fourth-order valence-electron chi connectivity index (χ4n) is 4.17. The first-order valence-electron chi connectivity index (χ1n) is 11.8. The predicted molar refractivity (Wildman–Crippen MR) is 138 cm³/mol. The van der Waals surface area contributed by atoms with Gasteiger partial charge >= 0.3 is 12.5 Å². The summed E-state index contributed by atoms with van der Waals surface area (Å²) in [4.78, 5) is 14.3. The van der Waals surface area contributed by atoms with E-state index in [0.717, 1.165) is 16.5 Å². The van der Waals surface area contributed by atoms with Gasteiger partial charge in [-0.05, 0) is 67.4 Å². The van der Waals surface area contributed by atoms with Crippen molar-refractivity contribution in [2.45, 2.75) is 26.8 Å². The molecule has 10 heteroatoms. The average Bonchev–Trinajstić information content (AvgIpc) is 3.28. The Morgan fingerprint density at radius 2 is 1.71 bits per heavy atom. The number of halogens is 4. The summed E-state index contributed by atoms with van der Waals surface area (Å²) in [6.45, 7) is 5.04. The van der Waals surface area contributed by atoms with E-state index in [-0.39, 0.29) is 5.02 Å². The maximum atomic E-state index is 12.7. The summed E-state index contributed by atoms with van der Waals surface area (Å²) in [5.41, 5.74) is 3.40. The van der Waals surface area contributed by atoms with Gasteiger partial charge in [-0.1, -0.05) is 29.8 Å². The Morgan fingerprint density at radius 1 is 1.03 bits per heavy atom. The highest BCUT2D eigenvalue weighted by Gasteiger charge is 2.32. The molecule has 196 valence electrons. The third-order valence-electron chi connectivity index (χ3n) is 6.01. The Labute approximate surface area is 222 Å². The SMILES string of the molecule is CCN(CC)C(=O)Oc1ccc2c(ccn2Cc2ccc(OC(F)(F)F)c(Cl)c2)c1-c1ccc(C#N)cc1. The normalized spacial score (nSPS) is 11.3. The van der Waals surface area contributed by atoms with Gasteiger partial charge in [-0.3, -0.25) is 0 Å². The summed E-state index contributed by atoms with van der Waals surface area (Å²) in [7, 11) is 0. The van der Waals surface area contributed by atoms with Crippen molar-refractivity contribution in [3.8, 4) is 28.7 Å². The van der Waals surface area contributed by atoms with Crippen molar-refractivity contribution in [1.82, 2.24) is 9.47 Å². The number of benzene rings is 3. The second-order valence-corrected chi connectivity index (χ2v) is 8.76. The van der Waals surface area contributed by atoms with Crippen LogP contribution >= 0.6 is 11.6 Å². The molecule has 0 radical (unpaired) electrons. The average molecular weight is 542 g/mol. The van der Waals surface area contributed by atoms with Crippen molar-refractivity contribution < 1.29 is 27.4 Å². The summed E-state index contributed by atoms with van der Waals surface area (Å²) in [5.74, 6) is -0.100. The molecule has 0 aliphatic rings. The van der Waals surface area contributed by atoms with Crippen molar-refractivity contribution in [3.63, 3.8) is 0 Å². The molecule has 0 atom stereocenters. The van der Waals surface area contributed by atoms with E-state index in [1.54, 1.807) is 35.2 Å². The number of hydrogen-bond donors (Lipinski definition) is 0. The first-order chi connectivity index (χ1) is 18.1. The van der Waals surface area contributed by atoms with Crippen LogP contribution in [0.25, 0.3) is 22.0 Å². The number of carbonyl (C=O) groups is 1. The molecule has 0 saturated carbocycles. The zero-order valence-electron chi connectivity index (χ0n) is 20.6. The number of alkyl halides is 3. The van der Waals surface area contributed by atoms with Crippen molar-refractivity contribution in [2.75, 3.05) is 13.1 Å². The Hall–Kier alpha value is -4.16. The quantitative estimate of drug-likeness (QED) is 0.241. The molecule has 4 rings (SSSR count). The lowest BCUT2D eigenvalue weighted by Gasteiger charge is -2.20. The number of nitriles is 1. The third-order valence-corrected chi connectivity index (χ3v) is 6.31. The summed E-state index contributed by atoms with van der Waals surface area (Å²) in [6.07, 6.45) is -3.47. The number of rotatable bonds is 7. The monoisotopic (exact) mass is 541 g/mol. The first kappa shape index (κ1) is 26.9. The number of aromatic nitrogens is 1. The molecule has 1 amide bonds. The number of hydrogen-bond acceptors (Lipinski definition) is 4. The number of amides is 1. The lowest BCUT2D eigenvalue weighted by Crippen LogP contribution is -2.33. The molecule has 0 aliphatic heterocycles. The van der Waals surface area contributed by atoms with Gasteiger partial charge in [-0.25, -0.2) is 4.79 Å². The minimum atomic E-state index is -4.84. The van der Waals surface area contributed by atoms with Crippen LogP contribution in [0.15, 0.2) is 66.9 Å². The maximum Gasteiger partial charge on any atom is 0.573 e. The van der Waals surface area contributed by atoms with E-state index in [9.17, 15) is 23.2 Å². The van der Waals surface area contributed by atoms with Gasteiger partial charge in [0.2, 0.25) is 0 Å². The molecule has 0 unspecified atom stereocenters. The zero-order valence-corrected chi connectivity index (χ0v) is 21.3. The van der Waals surface area contributed by atoms with Crippen LogP contribution in [-0.4, -0.2) is 35.0 Å². The van der Waals surface area contributed by atoms with Gasteiger partial charge in [0.05, 0.1) is 16.7 Å². The van der Waals surface area contributed by atoms with Gasteiger partial charge in [-0.2, -0.15) is 5.26 Å². The van der Waals surface area contributed by atoms with E-state index in [1.807, 2.05) is 36.7 Å². The molecule has 1 heterocycles. The molecule has 0 aliphatic carbocycles. The van der Waals surface area contributed by atoms with Crippen molar-refractivity contribution in [2.24, 2.45) is 0 Å². The minimum absolute atomic E-state index is 0.153. The second-order valence-electron chi connectivity index (χ2n) is 8.36. The number of carbonyl (C=O) groups excluding carboxylic acids is 1. The standard InChI is InChI=1S/C28H23ClF3N3O3/c1-3-34(4-2)27(36)37-25-12-10-23-21(26(25)20-8-5-18(16-33)6-9-20)13-14-35(23)17-19-7-11-24(22(29)15-19)38-28(30,31)32/h5-15H,3-4,17H2,1-2H3. The topological polar surface area (TPSA) is 67.5 Å². The Bertz CT molecular complexity index is 1500. The minimum Gasteiger partial charge on any atom is -0.410 e. The van der Waals surface area contributed by atoms with Crippen molar-refractivity contribution in [3.05, 3.63) is 83.0 Å². The van der Waals surface area contributed by atoms with E-state index in [2.05, 4.69) is 10.8 Å². The number of nitrogens with zero attached hydrogens (tertiary/aromatic N) is 3. The first-order valence-corrected chi connectivity index (χ1v) is 12.1. The van der Waals surface area contributed by atoms with Crippen LogP contribution in [0, 0.1) is 11.3 Å². The molecule has 0 fully saturated rings. The molecule has 0 spiro atoms.